The first-order chi connectivity index (χ1) is 7.84. The monoisotopic (exact) mass is 234 g/mol. The summed E-state index contributed by atoms with van der Waals surface area (Å²) in [5.74, 6) is 0. The van der Waals surface area contributed by atoms with Gasteiger partial charge in [0, 0.05) is 17.5 Å². The summed E-state index contributed by atoms with van der Waals surface area (Å²) in [6, 6.07) is 10.2. The van der Waals surface area contributed by atoms with Gasteiger partial charge in [0.05, 0.1) is 13.2 Å². The van der Waals surface area contributed by atoms with Crippen LogP contribution >= 0.6 is 11.3 Å². The summed E-state index contributed by atoms with van der Waals surface area (Å²) in [5, 5.41) is 0.623. The van der Waals surface area contributed by atoms with Crippen LogP contribution in [0.2, 0.25) is 0 Å². The molecule has 16 heavy (non-hydrogen) atoms. The number of nitrogen functional groups attached to an aromatic ring is 1. The van der Waals surface area contributed by atoms with Crippen LogP contribution in [0.1, 0.15) is 10.4 Å². The normalized spacial score (nSPS) is 10.5. The number of aromatic nitrogens is 1. The number of anilines is 1. The Morgan fingerprint density at radius 2 is 2.06 bits per heavy atom. The summed E-state index contributed by atoms with van der Waals surface area (Å²) in [6.07, 6.45) is 2.69. The Morgan fingerprint density at radius 1 is 1.25 bits per heavy atom. The van der Waals surface area contributed by atoms with Crippen LogP contribution in [0, 0.1) is 0 Å². The Labute approximate surface area is 98.9 Å². The molecule has 0 unspecified atom stereocenters. The Bertz CT molecular complexity index is 428. The van der Waals surface area contributed by atoms with Crippen molar-refractivity contribution >= 4 is 16.5 Å². The lowest BCUT2D eigenvalue weighted by Crippen LogP contribution is -1.97. The molecular formula is C12H14N2OS. The predicted octanol–water partition coefficient (Wildman–Crippen LogP) is 2.48. The van der Waals surface area contributed by atoms with Gasteiger partial charge in [0.15, 0.2) is 5.13 Å². The largest absolute Gasteiger partial charge is 0.376 e. The highest BCUT2D eigenvalue weighted by molar-refractivity contribution is 7.15. The van der Waals surface area contributed by atoms with E-state index in [1.165, 1.54) is 21.8 Å². The molecular weight excluding hydrogens is 220 g/mol. The number of nitrogens with zero attached hydrogens (tertiary/aromatic N) is 1. The predicted molar refractivity (Wildman–Crippen MR) is 66.3 cm³/mol. The first-order valence-corrected chi connectivity index (χ1v) is 5.98. The van der Waals surface area contributed by atoms with Crippen molar-refractivity contribution in [2.24, 2.45) is 0 Å². The number of rotatable bonds is 5. The maximum Gasteiger partial charge on any atom is 0.180 e. The van der Waals surface area contributed by atoms with E-state index in [4.69, 9.17) is 10.5 Å². The summed E-state index contributed by atoms with van der Waals surface area (Å²) >= 11 is 1.52. The molecule has 0 saturated carbocycles. The van der Waals surface area contributed by atoms with Gasteiger partial charge in [-0.15, -0.1) is 11.3 Å². The number of hydrogen-bond donors (Lipinski definition) is 1. The maximum absolute atomic E-state index is 5.57. The zero-order chi connectivity index (χ0) is 11.2. The van der Waals surface area contributed by atoms with Gasteiger partial charge in [-0.3, -0.25) is 0 Å². The summed E-state index contributed by atoms with van der Waals surface area (Å²) in [4.78, 5) is 5.17. The second kappa shape index (κ2) is 5.63. The maximum atomic E-state index is 5.57. The Balaban J connectivity index is 1.69. The van der Waals surface area contributed by atoms with E-state index in [0.29, 0.717) is 18.3 Å². The number of thiazole rings is 1. The summed E-state index contributed by atoms with van der Waals surface area (Å²) in [6.45, 7) is 1.37. The van der Waals surface area contributed by atoms with E-state index in [-0.39, 0.29) is 0 Å². The summed E-state index contributed by atoms with van der Waals surface area (Å²) in [5.41, 5.74) is 6.74. The average Bonchev–Trinajstić information content (AvgIpc) is 2.72. The van der Waals surface area contributed by atoms with E-state index in [1.54, 1.807) is 0 Å². The van der Waals surface area contributed by atoms with Crippen LogP contribution in [0.4, 0.5) is 5.13 Å². The van der Waals surface area contributed by atoms with Crippen LogP contribution in [0.3, 0.4) is 0 Å². The fourth-order valence-corrected chi connectivity index (χ4v) is 2.04. The molecule has 1 aromatic carbocycles. The molecule has 2 rings (SSSR count). The van der Waals surface area contributed by atoms with E-state index < -0.39 is 0 Å². The van der Waals surface area contributed by atoms with Gasteiger partial charge in [0.25, 0.3) is 0 Å². The molecule has 3 nitrogen and oxygen atoms in total. The van der Waals surface area contributed by atoms with Gasteiger partial charge >= 0.3 is 0 Å². The van der Waals surface area contributed by atoms with Crippen molar-refractivity contribution < 1.29 is 4.74 Å². The summed E-state index contributed by atoms with van der Waals surface area (Å²) in [7, 11) is 0. The second-order valence-corrected chi connectivity index (χ2v) is 4.60. The lowest BCUT2D eigenvalue weighted by molar-refractivity contribution is 0.124. The van der Waals surface area contributed by atoms with Crippen LogP contribution in [0.15, 0.2) is 36.5 Å². The van der Waals surface area contributed by atoms with Crippen molar-refractivity contribution in [3.8, 4) is 0 Å². The molecule has 0 aliphatic rings. The number of nitrogens with two attached hydrogens (primary N) is 1. The molecule has 1 heterocycles. The minimum Gasteiger partial charge on any atom is -0.376 e. The molecule has 0 fully saturated rings. The third-order valence-electron chi connectivity index (χ3n) is 2.18. The van der Waals surface area contributed by atoms with Gasteiger partial charge in [-0.25, -0.2) is 4.98 Å². The minimum absolute atomic E-state index is 0.623. The molecule has 2 aromatic rings. The smallest absolute Gasteiger partial charge is 0.180 e. The van der Waals surface area contributed by atoms with Gasteiger partial charge in [0.2, 0.25) is 0 Å². The molecule has 0 saturated heterocycles. The van der Waals surface area contributed by atoms with Gasteiger partial charge < -0.3 is 10.5 Å². The van der Waals surface area contributed by atoms with Gasteiger partial charge in [-0.05, 0) is 5.56 Å². The first-order valence-electron chi connectivity index (χ1n) is 5.16. The third kappa shape index (κ3) is 3.32. The van der Waals surface area contributed by atoms with Crippen molar-refractivity contribution in [2.45, 2.75) is 13.0 Å². The van der Waals surface area contributed by atoms with Crippen LogP contribution in [-0.2, 0) is 17.8 Å². The second-order valence-electron chi connectivity index (χ2n) is 3.45. The molecule has 0 bridgehead atoms. The SMILES string of the molecule is Nc1ncc(CCOCc2ccccc2)s1. The van der Waals surface area contributed by atoms with E-state index >= 15 is 0 Å². The minimum atomic E-state index is 0.623. The zero-order valence-electron chi connectivity index (χ0n) is 8.93. The quantitative estimate of drug-likeness (QED) is 0.808. The Kier molecular flexibility index (Phi) is 3.91. The number of hydrogen-bond acceptors (Lipinski definition) is 4. The molecule has 84 valence electrons. The van der Waals surface area contributed by atoms with Crippen molar-refractivity contribution in [2.75, 3.05) is 12.3 Å². The molecule has 2 N–H and O–H groups in total. The molecule has 1 aromatic heterocycles. The van der Waals surface area contributed by atoms with Crippen molar-refractivity contribution in [1.82, 2.24) is 4.98 Å². The Hall–Kier alpha value is -1.39. The molecule has 0 amide bonds. The van der Waals surface area contributed by atoms with E-state index in [2.05, 4.69) is 17.1 Å². The fraction of sp³-hybridized carbons (Fsp3) is 0.250. The lowest BCUT2D eigenvalue weighted by Gasteiger charge is -2.02. The molecule has 0 aliphatic carbocycles. The molecule has 4 heteroatoms. The van der Waals surface area contributed by atoms with E-state index in [9.17, 15) is 0 Å². The lowest BCUT2D eigenvalue weighted by atomic mass is 10.2. The number of benzene rings is 1. The van der Waals surface area contributed by atoms with Crippen LogP contribution in [0.5, 0.6) is 0 Å². The van der Waals surface area contributed by atoms with Gasteiger partial charge in [-0.1, -0.05) is 30.3 Å². The van der Waals surface area contributed by atoms with Gasteiger partial charge in [0.1, 0.15) is 0 Å². The summed E-state index contributed by atoms with van der Waals surface area (Å²) < 4.78 is 5.57. The van der Waals surface area contributed by atoms with Gasteiger partial charge in [-0.2, -0.15) is 0 Å². The Morgan fingerprint density at radius 3 is 2.75 bits per heavy atom. The fourth-order valence-electron chi connectivity index (χ4n) is 1.38. The number of ether oxygens (including phenoxy) is 1. The molecule has 0 spiro atoms. The highest BCUT2D eigenvalue weighted by Crippen LogP contribution is 2.14. The first kappa shape index (κ1) is 11.1. The molecule has 0 aliphatic heterocycles. The highest BCUT2D eigenvalue weighted by Gasteiger charge is 1.98. The molecule has 0 atom stereocenters. The van der Waals surface area contributed by atoms with Crippen LogP contribution in [-0.4, -0.2) is 11.6 Å². The van der Waals surface area contributed by atoms with Crippen LogP contribution < -0.4 is 5.73 Å². The van der Waals surface area contributed by atoms with E-state index in [0.717, 1.165) is 6.42 Å². The third-order valence-corrected chi connectivity index (χ3v) is 3.06. The standard InChI is InChI=1S/C12H14N2OS/c13-12-14-8-11(16-12)6-7-15-9-10-4-2-1-3-5-10/h1-5,8H,6-7,9H2,(H2,13,14). The topological polar surface area (TPSA) is 48.1 Å². The average molecular weight is 234 g/mol. The van der Waals surface area contributed by atoms with E-state index in [1.807, 2.05) is 24.4 Å². The van der Waals surface area contributed by atoms with Crippen molar-refractivity contribution in [3.05, 3.63) is 47.0 Å². The van der Waals surface area contributed by atoms with Crippen molar-refractivity contribution in [3.63, 3.8) is 0 Å². The zero-order valence-corrected chi connectivity index (χ0v) is 9.74. The van der Waals surface area contributed by atoms with Crippen LogP contribution in [0.25, 0.3) is 0 Å². The van der Waals surface area contributed by atoms with Crippen molar-refractivity contribution in [1.29, 1.82) is 0 Å². The highest BCUT2D eigenvalue weighted by atomic mass is 32.1. The molecule has 0 radical (unpaired) electrons.